The molecule has 21 heavy (non-hydrogen) atoms. The Morgan fingerprint density at radius 3 is 2.81 bits per heavy atom. The van der Waals surface area contributed by atoms with E-state index < -0.39 is 0 Å². The average molecular weight is 280 g/mol. The van der Waals surface area contributed by atoms with Crippen molar-refractivity contribution in [3.05, 3.63) is 60.4 Å². The summed E-state index contributed by atoms with van der Waals surface area (Å²) in [5.41, 5.74) is 3.80. The molecule has 0 aliphatic rings. The molecule has 0 saturated carbocycles. The van der Waals surface area contributed by atoms with E-state index in [-0.39, 0.29) is 6.03 Å². The van der Waals surface area contributed by atoms with Crippen LogP contribution in [0.2, 0.25) is 0 Å². The minimum Gasteiger partial charge on any atom is -0.334 e. The Morgan fingerprint density at radius 2 is 2.00 bits per heavy atom. The number of aromatic nitrogens is 2. The van der Waals surface area contributed by atoms with Crippen molar-refractivity contribution in [1.82, 2.24) is 14.9 Å². The molecular weight excluding hydrogens is 264 g/mol. The average Bonchev–Trinajstić information content (AvgIpc) is 2.87. The Balaban J connectivity index is 1.62. The van der Waals surface area contributed by atoms with Gasteiger partial charge < -0.3 is 15.2 Å². The summed E-state index contributed by atoms with van der Waals surface area (Å²) in [6.07, 6.45) is 1.78. The SMILES string of the molecule is Cn1cnc2cc(CNC(=O)Nc3ccccc3)ccc21. The van der Waals surface area contributed by atoms with Crippen LogP contribution in [0.3, 0.4) is 0 Å². The standard InChI is InChI=1S/C16H16N4O/c1-20-11-18-14-9-12(7-8-15(14)20)10-17-16(21)19-13-5-3-2-4-6-13/h2-9,11H,10H2,1H3,(H2,17,19,21). The zero-order valence-corrected chi connectivity index (χ0v) is 11.7. The molecule has 0 fully saturated rings. The summed E-state index contributed by atoms with van der Waals surface area (Å²) in [6, 6.07) is 15.1. The van der Waals surface area contributed by atoms with Gasteiger partial charge in [-0.2, -0.15) is 0 Å². The number of aryl methyl sites for hydroxylation is 1. The summed E-state index contributed by atoms with van der Waals surface area (Å²) in [5, 5.41) is 5.62. The Hall–Kier alpha value is -2.82. The number of amides is 2. The van der Waals surface area contributed by atoms with E-state index in [4.69, 9.17) is 0 Å². The lowest BCUT2D eigenvalue weighted by atomic mass is 10.2. The molecule has 0 radical (unpaired) electrons. The molecule has 5 nitrogen and oxygen atoms in total. The third-order valence-electron chi connectivity index (χ3n) is 3.27. The fourth-order valence-corrected chi connectivity index (χ4v) is 2.17. The fraction of sp³-hybridized carbons (Fsp3) is 0.125. The first-order chi connectivity index (χ1) is 10.2. The van der Waals surface area contributed by atoms with Gasteiger partial charge in [-0.1, -0.05) is 24.3 Å². The van der Waals surface area contributed by atoms with E-state index in [1.807, 2.05) is 60.1 Å². The lowest BCUT2D eigenvalue weighted by Crippen LogP contribution is -2.28. The van der Waals surface area contributed by atoms with Gasteiger partial charge in [-0.05, 0) is 29.8 Å². The van der Waals surface area contributed by atoms with Crippen LogP contribution < -0.4 is 10.6 Å². The second kappa shape index (κ2) is 5.66. The maximum atomic E-state index is 11.8. The largest absolute Gasteiger partial charge is 0.334 e. The number of carbonyl (C=O) groups is 1. The minimum atomic E-state index is -0.220. The summed E-state index contributed by atoms with van der Waals surface area (Å²) < 4.78 is 1.97. The first-order valence-corrected chi connectivity index (χ1v) is 6.72. The monoisotopic (exact) mass is 280 g/mol. The Labute approximate surface area is 122 Å². The van der Waals surface area contributed by atoms with Crippen LogP contribution in [0.25, 0.3) is 11.0 Å². The van der Waals surface area contributed by atoms with Crippen molar-refractivity contribution < 1.29 is 4.79 Å². The first kappa shape index (κ1) is 13.2. The smallest absolute Gasteiger partial charge is 0.319 e. The van der Waals surface area contributed by atoms with Gasteiger partial charge in [0.25, 0.3) is 0 Å². The number of carbonyl (C=O) groups excluding carboxylic acids is 1. The lowest BCUT2D eigenvalue weighted by molar-refractivity contribution is 0.251. The van der Waals surface area contributed by atoms with Crippen molar-refractivity contribution in [2.45, 2.75) is 6.54 Å². The summed E-state index contributed by atoms with van der Waals surface area (Å²) in [7, 11) is 1.96. The number of fused-ring (bicyclic) bond motifs is 1. The van der Waals surface area contributed by atoms with Gasteiger partial charge in [-0.15, -0.1) is 0 Å². The van der Waals surface area contributed by atoms with Crippen molar-refractivity contribution in [1.29, 1.82) is 0 Å². The molecule has 1 heterocycles. The highest BCUT2D eigenvalue weighted by atomic mass is 16.2. The van der Waals surface area contributed by atoms with E-state index in [0.717, 1.165) is 22.3 Å². The van der Waals surface area contributed by atoms with Gasteiger partial charge in [0.05, 0.1) is 17.4 Å². The number of anilines is 1. The second-order valence-electron chi connectivity index (χ2n) is 4.85. The van der Waals surface area contributed by atoms with Crippen LogP contribution in [-0.2, 0) is 13.6 Å². The number of para-hydroxylation sites is 1. The van der Waals surface area contributed by atoms with Crippen molar-refractivity contribution in [2.75, 3.05) is 5.32 Å². The van der Waals surface area contributed by atoms with Gasteiger partial charge >= 0.3 is 6.03 Å². The highest BCUT2D eigenvalue weighted by Gasteiger charge is 2.04. The van der Waals surface area contributed by atoms with E-state index in [2.05, 4.69) is 15.6 Å². The van der Waals surface area contributed by atoms with Crippen LogP contribution in [0.1, 0.15) is 5.56 Å². The number of nitrogens with one attached hydrogen (secondary N) is 2. The maximum absolute atomic E-state index is 11.8. The molecule has 2 amide bonds. The molecule has 1 aromatic heterocycles. The number of hydrogen-bond donors (Lipinski definition) is 2. The Morgan fingerprint density at radius 1 is 1.19 bits per heavy atom. The maximum Gasteiger partial charge on any atom is 0.319 e. The fourth-order valence-electron chi connectivity index (χ4n) is 2.17. The van der Waals surface area contributed by atoms with Crippen LogP contribution in [0.15, 0.2) is 54.9 Å². The molecule has 5 heteroatoms. The second-order valence-corrected chi connectivity index (χ2v) is 4.85. The van der Waals surface area contributed by atoms with Crippen molar-refractivity contribution in [3.8, 4) is 0 Å². The summed E-state index contributed by atoms with van der Waals surface area (Å²) in [5.74, 6) is 0. The Kier molecular flexibility index (Phi) is 3.55. The van der Waals surface area contributed by atoms with Gasteiger partial charge in [0.15, 0.2) is 0 Å². The van der Waals surface area contributed by atoms with Gasteiger partial charge in [0.1, 0.15) is 0 Å². The van der Waals surface area contributed by atoms with Crippen LogP contribution in [0, 0.1) is 0 Å². The first-order valence-electron chi connectivity index (χ1n) is 6.72. The normalized spacial score (nSPS) is 10.5. The number of nitrogens with zero attached hydrogens (tertiary/aromatic N) is 2. The third-order valence-corrected chi connectivity index (χ3v) is 3.27. The zero-order valence-electron chi connectivity index (χ0n) is 11.7. The predicted octanol–water partition coefficient (Wildman–Crippen LogP) is 2.90. The number of hydrogen-bond acceptors (Lipinski definition) is 2. The molecule has 0 aliphatic carbocycles. The lowest BCUT2D eigenvalue weighted by Gasteiger charge is -2.07. The van der Waals surface area contributed by atoms with Crippen LogP contribution in [0.5, 0.6) is 0 Å². The third kappa shape index (κ3) is 3.02. The Bertz CT molecular complexity index is 764. The number of urea groups is 1. The molecule has 2 N–H and O–H groups in total. The molecule has 3 rings (SSSR count). The summed E-state index contributed by atoms with van der Waals surface area (Å²) in [4.78, 5) is 16.1. The quantitative estimate of drug-likeness (QED) is 0.775. The van der Waals surface area contributed by atoms with Crippen LogP contribution >= 0.6 is 0 Å². The molecular formula is C16H16N4O. The molecule has 3 aromatic rings. The van der Waals surface area contributed by atoms with E-state index >= 15 is 0 Å². The zero-order chi connectivity index (χ0) is 14.7. The topological polar surface area (TPSA) is 59.0 Å². The molecule has 0 saturated heterocycles. The van der Waals surface area contributed by atoms with Crippen molar-refractivity contribution >= 4 is 22.8 Å². The van der Waals surface area contributed by atoms with E-state index in [1.165, 1.54) is 0 Å². The van der Waals surface area contributed by atoms with Crippen LogP contribution in [0.4, 0.5) is 10.5 Å². The number of rotatable bonds is 3. The van der Waals surface area contributed by atoms with E-state index in [1.54, 1.807) is 6.33 Å². The van der Waals surface area contributed by atoms with Crippen molar-refractivity contribution in [3.63, 3.8) is 0 Å². The molecule has 2 aromatic carbocycles. The van der Waals surface area contributed by atoms with E-state index in [9.17, 15) is 4.79 Å². The number of benzene rings is 2. The van der Waals surface area contributed by atoms with Crippen molar-refractivity contribution in [2.24, 2.45) is 7.05 Å². The molecule has 0 bridgehead atoms. The molecule has 0 unspecified atom stereocenters. The van der Waals surface area contributed by atoms with Crippen LogP contribution in [-0.4, -0.2) is 15.6 Å². The highest BCUT2D eigenvalue weighted by Crippen LogP contribution is 2.13. The molecule has 106 valence electrons. The number of imidazole rings is 1. The van der Waals surface area contributed by atoms with Gasteiger partial charge in [0, 0.05) is 19.3 Å². The minimum absolute atomic E-state index is 0.220. The highest BCUT2D eigenvalue weighted by molar-refractivity contribution is 5.89. The van der Waals surface area contributed by atoms with E-state index in [0.29, 0.717) is 6.54 Å². The van der Waals surface area contributed by atoms with Gasteiger partial charge in [0.2, 0.25) is 0 Å². The van der Waals surface area contributed by atoms with Gasteiger partial charge in [-0.25, -0.2) is 9.78 Å². The molecule has 0 atom stereocenters. The van der Waals surface area contributed by atoms with Gasteiger partial charge in [-0.3, -0.25) is 0 Å². The molecule has 0 spiro atoms. The summed E-state index contributed by atoms with van der Waals surface area (Å²) >= 11 is 0. The molecule has 0 aliphatic heterocycles. The summed E-state index contributed by atoms with van der Waals surface area (Å²) in [6.45, 7) is 0.463. The predicted molar refractivity (Wildman–Crippen MR) is 83.0 cm³/mol.